The molecule has 0 unspecified atom stereocenters. The Hall–Kier alpha value is -3.13. The number of thiophene rings is 1. The van der Waals surface area contributed by atoms with Crippen LogP contribution in [0.2, 0.25) is 0 Å². The van der Waals surface area contributed by atoms with Gasteiger partial charge in [-0.25, -0.2) is 9.78 Å². The molecule has 29 heavy (non-hydrogen) atoms. The van der Waals surface area contributed by atoms with E-state index in [9.17, 15) is 9.59 Å². The Labute approximate surface area is 171 Å². The third-order valence-corrected chi connectivity index (χ3v) is 5.76. The summed E-state index contributed by atoms with van der Waals surface area (Å²) in [6.07, 6.45) is 1.95. The van der Waals surface area contributed by atoms with Gasteiger partial charge in [-0.2, -0.15) is 0 Å². The molecule has 3 N–H and O–H groups in total. The molecule has 3 aromatic heterocycles. The molecule has 0 aliphatic heterocycles. The Balaban J connectivity index is 1.77. The summed E-state index contributed by atoms with van der Waals surface area (Å²) in [6.45, 7) is 2.77. The lowest BCUT2D eigenvalue weighted by atomic mass is 10.1. The van der Waals surface area contributed by atoms with Crippen LogP contribution in [0.15, 0.2) is 51.4 Å². The highest BCUT2D eigenvalue weighted by Gasteiger charge is 2.17. The molecule has 1 aromatic carbocycles. The zero-order chi connectivity index (χ0) is 20.4. The molecule has 3 heterocycles. The van der Waals surface area contributed by atoms with Crippen LogP contribution in [0, 0.1) is 0 Å². The van der Waals surface area contributed by atoms with Gasteiger partial charge in [0.1, 0.15) is 11.3 Å². The highest BCUT2D eigenvalue weighted by atomic mass is 32.1. The molecular weight excluding hydrogens is 386 g/mol. The fourth-order valence-corrected chi connectivity index (χ4v) is 4.13. The van der Waals surface area contributed by atoms with Crippen LogP contribution in [0.4, 0.5) is 5.69 Å². The van der Waals surface area contributed by atoms with Gasteiger partial charge in [0.05, 0.1) is 0 Å². The molecule has 0 atom stereocenters. The van der Waals surface area contributed by atoms with Gasteiger partial charge in [0.25, 0.3) is 5.56 Å². The van der Waals surface area contributed by atoms with Crippen molar-refractivity contribution in [2.24, 2.45) is 0 Å². The molecule has 0 amide bonds. The molecule has 7 nitrogen and oxygen atoms in total. The predicted octanol–water partition coefficient (Wildman–Crippen LogP) is 2.77. The number of nitrogens with one attached hydrogen (secondary N) is 1. The molecule has 150 valence electrons. The summed E-state index contributed by atoms with van der Waals surface area (Å²) in [5, 5.41) is 2.01. The highest BCUT2D eigenvalue weighted by molar-refractivity contribution is 7.09. The minimum atomic E-state index is -0.311. The van der Waals surface area contributed by atoms with E-state index in [4.69, 9.17) is 5.73 Å². The van der Waals surface area contributed by atoms with Crippen molar-refractivity contribution in [3.05, 3.63) is 78.9 Å². The van der Waals surface area contributed by atoms with E-state index in [1.807, 2.05) is 48.7 Å². The lowest BCUT2D eigenvalue weighted by Gasteiger charge is -2.11. The van der Waals surface area contributed by atoms with Crippen LogP contribution >= 0.6 is 11.3 Å². The lowest BCUT2D eigenvalue weighted by molar-refractivity contribution is 0.559. The monoisotopic (exact) mass is 409 g/mol. The zero-order valence-electron chi connectivity index (χ0n) is 16.2. The number of anilines is 1. The van der Waals surface area contributed by atoms with E-state index < -0.39 is 0 Å². The third kappa shape index (κ3) is 3.88. The molecule has 4 rings (SSSR count). The summed E-state index contributed by atoms with van der Waals surface area (Å²) < 4.78 is 2.91. The van der Waals surface area contributed by atoms with E-state index in [0.717, 1.165) is 10.4 Å². The zero-order valence-corrected chi connectivity index (χ0v) is 17.0. The minimum Gasteiger partial charge on any atom is -0.399 e. The van der Waals surface area contributed by atoms with Crippen LogP contribution in [0.25, 0.3) is 11.2 Å². The first-order valence-corrected chi connectivity index (χ1v) is 10.5. The second-order valence-electron chi connectivity index (χ2n) is 7.02. The number of nitrogen functional groups attached to an aromatic ring is 1. The van der Waals surface area contributed by atoms with Gasteiger partial charge in [0.15, 0.2) is 5.65 Å². The van der Waals surface area contributed by atoms with Gasteiger partial charge in [-0.3, -0.25) is 13.9 Å². The van der Waals surface area contributed by atoms with Crippen LogP contribution < -0.4 is 17.0 Å². The normalized spacial score (nSPS) is 11.3. The Morgan fingerprint density at radius 2 is 1.90 bits per heavy atom. The first-order chi connectivity index (χ1) is 14.1. The number of nitrogens with zero attached hydrogens (tertiary/aromatic N) is 3. The Morgan fingerprint density at radius 3 is 2.59 bits per heavy atom. The van der Waals surface area contributed by atoms with Crippen molar-refractivity contribution in [3.63, 3.8) is 0 Å². The van der Waals surface area contributed by atoms with Crippen LogP contribution in [-0.4, -0.2) is 19.1 Å². The average Bonchev–Trinajstić information content (AvgIpc) is 3.37. The molecule has 0 radical (unpaired) electrons. The molecule has 0 aliphatic rings. The van der Waals surface area contributed by atoms with Crippen LogP contribution in [-0.2, 0) is 25.9 Å². The first kappa shape index (κ1) is 19.2. The molecule has 0 fully saturated rings. The minimum absolute atomic E-state index is 0.305. The Bertz CT molecular complexity index is 1230. The van der Waals surface area contributed by atoms with E-state index in [0.29, 0.717) is 55.0 Å². The fourth-order valence-electron chi connectivity index (χ4n) is 3.42. The van der Waals surface area contributed by atoms with Crippen molar-refractivity contribution in [2.75, 3.05) is 5.73 Å². The first-order valence-electron chi connectivity index (χ1n) is 9.66. The number of imidazole rings is 1. The second-order valence-corrected chi connectivity index (χ2v) is 8.05. The number of fused-ring (bicyclic) bond motifs is 1. The summed E-state index contributed by atoms with van der Waals surface area (Å²) in [5.74, 6) is 0.689. The van der Waals surface area contributed by atoms with Gasteiger partial charge in [0.2, 0.25) is 0 Å². The molecule has 8 heteroatoms. The Kier molecular flexibility index (Phi) is 5.35. The summed E-state index contributed by atoms with van der Waals surface area (Å²) in [5.41, 5.74) is 7.73. The van der Waals surface area contributed by atoms with Crippen LogP contribution in [0.3, 0.4) is 0 Å². The van der Waals surface area contributed by atoms with Crippen LogP contribution in [0.1, 0.15) is 29.6 Å². The summed E-state index contributed by atoms with van der Waals surface area (Å²) in [6, 6.07) is 11.6. The molecule has 0 saturated heterocycles. The van der Waals surface area contributed by atoms with Gasteiger partial charge in [0, 0.05) is 30.1 Å². The number of benzene rings is 1. The van der Waals surface area contributed by atoms with E-state index in [1.165, 1.54) is 4.57 Å². The van der Waals surface area contributed by atoms with Crippen LogP contribution in [0.5, 0.6) is 0 Å². The number of aromatic amines is 1. The molecule has 0 aliphatic carbocycles. The van der Waals surface area contributed by atoms with Gasteiger partial charge in [-0.1, -0.05) is 25.1 Å². The number of aryl methyl sites for hydroxylation is 2. The molecule has 0 spiro atoms. The predicted molar refractivity (Wildman–Crippen MR) is 117 cm³/mol. The number of hydrogen-bond donors (Lipinski definition) is 2. The lowest BCUT2D eigenvalue weighted by Crippen LogP contribution is -2.40. The number of nitrogens with two attached hydrogens (primary N) is 1. The molecule has 0 bridgehead atoms. The van der Waals surface area contributed by atoms with Crippen molar-refractivity contribution in [1.29, 1.82) is 0 Å². The van der Waals surface area contributed by atoms with Gasteiger partial charge >= 0.3 is 5.69 Å². The van der Waals surface area contributed by atoms with E-state index in [1.54, 1.807) is 15.9 Å². The Morgan fingerprint density at radius 1 is 1.10 bits per heavy atom. The summed E-state index contributed by atoms with van der Waals surface area (Å²) >= 11 is 1.64. The third-order valence-electron chi connectivity index (χ3n) is 4.88. The maximum Gasteiger partial charge on any atom is 0.332 e. The van der Waals surface area contributed by atoms with E-state index in [2.05, 4.69) is 9.97 Å². The maximum absolute atomic E-state index is 13.0. The largest absolute Gasteiger partial charge is 0.399 e. The number of rotatable bonds is 7. The summed E-state index contributed by atoms with van der Waals surface area (Å²) in [4.78, 5) is 34.9. The molecular formula is C21H23N5O2S. The summed E-state index contributed by atoms with van der Waals surface area (Å²) in [7, 11) is 0. The van der Waals surface area contributed by atoms with Crippen molar-refractivity contribution >= 4 is 28.2 Å². The number of hydrogen-bond acceptors (Lipinski definition) is 5. The molecule has 4 aromatic rings. The van der Waals surface area contributed by atoms with Gasteiger partial charge in [-0.15, -0.1) is 11.3 Å². The van der Waals surface area contributed by atoms with Crippen molar-refractivity contribution < 1.29 is 0 Å². The standard InChI is InChI=1S/C21H23N5O2S/c1-2-10-26-20(27)18-19(24-17(23-18)13-16-4-3-12-29-16)25(21(26)28)11-9-14-5-7-15(22)8-6-14/h3-8,12H,2,9-11,13,22H2,1H3,(H,23,24). The fraction of sp³-hybridized carbons (Fsp3) is 0.286. The highest BCUT2D eigenvalue weighted by Crippen LogP contribution is 2.15. The quantitative estimate of drug-likeness (QED) is 0.459. The number of H-pyrrole nitrogens is 1. The second kappa shape index (κ2) is 8.08. The van der Waals surface area contributed by atoms with Crippen molar-refractivity contribution in [2.45, 2.75) is 39.3 Å². The van der Waals surface area contributed by atoms with E-state index >= 15 is 0 Å². The molecule has 0 saturated carbocycles. The smallest absolute Gasteiger partial charge is 0.332 e. The van der Waals surface area contributed by atoms with Gasteiger partial charge in [-0.05, 0) is 42.0 Å². The maximum atomic E-state index is 13.0. The average molecular weight is 410 g/mol. The topological polar surface area (TPSA) is 98.7 Å². The SMILES string of the molecule is CCCn1c(=O)c2[nH]c(Cc3cccs3)nc2n(CCc2ccc(N)cc2)c1=O. The van der Waals surface area contributed by atoms with E-state index in [-0.39, 0.29) is 11.2 Å². The van der Waals surface area contributed by atoms with Crippen molar-refractivity contribution in [3.8, 4) is 0 Å². The number of aromatic nitrogens is 4. The van der Waals surface area contributed by atoms with Crippen molar-refractivity contribution in [1.82, 2.24) is 19.1 Å². The van der Waals surface area contributed by atoms with Gasteiger partial charge < -0.3 is 10.7 Å².